The third kappa shape index (κ3) is 0.641. The topological polar surface area (TPSA) is 24.7 Å². The first-order valence-electron chi connectivity index (χ1n) is 1.88. The number of rotatable bonds is 0. The van der Waals surface area contributed by atoms with E-state index in [1.165, 1.54) is 0 Å². The smallest absolute Gasteiger partial charge is 0.129 e. The van der Waals surface area contributed by atoms with Gasteiger partial charge >= 0.3 is 0 Å². The van der Waals surface area contributed by atoms with Crippen LogP contribution >= 0.6 is 0 Å². The first-order chi connectivity index (χ1) is 3.00. The molecule has 0 bridgehead atoms. The highest BCUT2D eigenvalue weighted by molar-refractivity contribution is 5.80. The van der Waals surface area contributed by atoms with Crippen LogP contribution in [0.2, 0.25) is 0 Å². The predicted octanol–water partition coefficient (Wildman–Crippen LogP) is 0.366. The van der Waals surface area contributed by atoms with Gasteiger partial charge in [0.2, 0.25) is 0 Å². The van der Waals surface area contributed by atoms with Crippen LogP contribution in [-0.2, 0) is 0 Å². The normalized spacial score (nSPS) is 18.7. The molecule has 0 saturated heterocycles. The lowest BCUT2D eigenvalue weighted by Gasteiger charge is -1.86. The Morgan fingerprint density at radius 1 is 1.67 bits per heavy atom. The van der Waals surface area contributed by atoms with Gasteiger partial charge in [-0.05, 0) is 0 Å². The Labute approximate surface area is 36.6 Å². The molecule has 1 aliphatic rings. The maximum atomic E-state index is 3.82. The molecule has 0 aromatic heterocycles. The van der Waals surface area contributed by atoms with Gasteiger partial charge in [0, 0.05) is 12.6 Å². The second kappa shape index (κ2) is 1.70. The molecule has 1 rings (SSSR count). The zero-order valence-electron chi connectivity index (χ0n) is 3.39. The highest BCUT2D eigenvalue weighted by Crippen LogP contribution is 1.79. The van der Waals surface area contributed by atoms with Gasteiger partial charge < -0.3 is 0 Å². The SMILES string of the molecule is [C]1=NCN=CC1. The summed E-state index contributed by atoms with van der Waals surface area (Å²) in [5.74, 6) is 0. The van der Waals surface area contributed by atoms with Crippen LogP contribution < -0.4 is 0 Å². The van der Waals surface area contributed by atoms with Gasteiger partial charge in [0.25, 0.3) is 0 Å². The summed E-state index contributed by atoms with van der Waals surface area (Å²) in [5.41, 5.74) is 0. The van der Waals surface area contributed by atoms with Gasteiger partial charge in [-0.15, -0.1) is 0 Å². The first kappa shape index (κ1) is 3.53. The number of aliphatic imine (C=N–C) groups is 2. The molecule has 31 valence electrons. The zero-order chi connectivity index (χ0) is 4.24. The molecule has 2 heteroatoms. The molecule has 0 unspecified atom stereocenters. The van der Waals surface area contributed by atoms with E-state index in [1.54, 1.807) is 0 Å². The van der Waals surface area contributed by atoms with Crippen LogP contribution in [0.15, 0.2) is 9.98 Å². The molecule has 0 spiro atoms. The Kier molecular flexibility index (Phi) is 0.998. The molecule has 2 nitrogen and oxygen atoms in total. The van der Waals surface area contributed by atoms with Crippen LogP contribution in [0.3, 0.4) is 0 Å². The zero-order valence-corrected chi connectivity index (χ0v) is 3.39. The fourth-order valence-corrected chi connectivity index (χ4v) is 0.318. The summed E-state index contributed by atoms with van der Waals surface area (Å²) >= 11 is 0. The summed E-state index contributed by atoms with van der Waals surface area (Å²) in [7, 11) is 0. The van der Waals surface area contributed by atoms with E-state index >= 15 is 0 Å². The summed E-state index contributed by atoms with van der Waals surface area (Å²) in [6, 6.07) is 0. The van der Waals surface area contributed by atoms with Crippen LogP contribution in [0.1, 0.15) is 6.42 Å². The highest BCUT2D eigenvalue weighted by Gasteiger charge is 1.78. The van der Waals surface area contributed by atoms with Gasteiger partial charge in [0.1, 0.15) is 6.67 Å². The van der Waals surface area contributed by atoms with Crippen molar-refractivity contribution < 1.29 is 0 Å². The van der Waals surface area contributed by atoms with Crippen LogP contribution in [0.4, 0.5) is 0 Å². The average Bonchev–Trinajstić information content (AvgIpc) is 1.72. The van der Waals surface area contributed by atoms with Crippen molar-refractivity contribution >= 4 is 12.4 Å². The monoisotopic (exact) mass is 81.0 g/mol. The van der Waals surface area contributed by atoms with Crippen molar-refractivity contribution in [3.63, 3.8) is 0 Å². The van der Waals surface area contributed by atoms with E-state index in [1.807, 2.05) is 6.21 Å². The second-order valence-corrected chi connectivity index (χ2v) is 1.03. The molecule has 0 amide bonds. The molecule has 0 fully saturated rings. The van der Waals surface area contributed by atoms with Crippen molar-refractivity contribution in [2.75, 3.05) is 6.67 Å². The van der Waals surface area contributed by atoms with E-state index < -0.39 is 0 Å². The van der Waals surface area contributed by atoms with E-state index in [2.05, 4.69) is 16.2 Å². The predicted molar refractivity (Wildman–Crippen MR) is 25.4 cm³/mol. The van der Waals surface area contributed by atoms with Crippen molar-refractivity contribution in [3.05, 3.63) is 0 Å². The maximum Gasteiger partial charge on any atom is 0.129 e. The molecular weight excluding hydrogens is 76.1 g/mol. The summed E-state index contributed by atoms with van der Waals surface area (Å²) in [4.78, 5) is 7.55. The van der Waals surface area contributed by atoms with Crippen LogP contribution in [0.25, 0.3) is 0 Å². The van der Waals surface area contributed by atoms with Crippen molar-refractivity contribution in [3.8, 4) is 0 Å². The van der Waals surface area contributed by atoms with E-state index in [0.29, 0.717) is 6.67 Å². The summed E-state index contributed by atoms with van der Waals surface area (Å²) in [6.07, 6.45) is 5.36. The Morgan fingerprint density at radius 3 is 2.83 bits per heavy atom. The Balaban J connectivity index is 2.40. The second-order valence-electron chi connectivity index (χ2n) is 1.03. The van der Waals surface area contributed by atoms with E-state index in [4.69, 9.17) is 0 Å². The molecule has 0 aromatic rings. The maximum absolute atomic E-state index is 3.82. The fraction of sp³-hybridized carbons (Fsp3) is 0.500. The van der Waals surface area contributed by atoms with Crippen molar-refractivity contribution in [1.82, 2.24) is 0 Å². The number of hydrogen-bond acceptors (Lipinski definition) is 2. The highest BCUT2D eigenvalue weighted by atomic mass is 14.9. The molecule has 1 radical (unpaired) electrons. The number of nitrogens with zero attached hydrogens (tertiary/aromatic N) is 2. The molecule has 6 heavy (non-hydrogen) atoms. The average molecular weight is 81.1 g/mol. The Bertz CT molecular complexity index is 63.5. The molecule has 0 N–H and O–H groups in total. The molecule has 1 heterocycles. The molecule has 0 aromatic carbocycles. The lowest BCUT2D eigenvalue weighted by Crippen LogP contribution is -1.86. The minimum absolute atomic E-state index is 0.583. The van der Waals surface area contributed by atoms with Crippen LogP contribution in [0.5, 0.6) is 0 Å². The van der Waals surface area contributed by atoms with Gasteiger partial charge in [-0.3, -0.25) is 9.98 Å². The summed E-state index contributed by atoms with van der Waals surface area (Å²) < 4.78 is 0. The van der Waals surface area contributed by atoms with Gasteiger partial charge in [0.15, 0.2) is 0 Å². The van der Waals surface area contributed by atoms with Gasteiger partial charge in [-0.25, -0.2) is 0 Å². The molecular formula is C4H5N2. The number of hydrogen-bond donors (Lipinski definition) is 0. The van der Waals surface area contributed by atoms with E-state index in [9.17, 15) is 0 Å². The third-order valence-electron chi connectivity index (χ3n) is 0.576. The molecule has 0 atom stereocenters. The first-order valence-corrected chi connectivity index (χ1v) is 1.88. The van der Waals surface area contributed by atoms with Crippen LogP contribution in [0, 0.1) is 0 Å². The molecule has 0 aliphatic carbocycles. The van der Waals surface area contributed by atoms with Crippen LogP contribution in [-0.4, -0.2) is 19.1 Å². The summed E-state index contributed by atoms with van der Waals surface area (Å²) in [6.45, 7) is 0.583. The summed E-state index contributed by atoms with van der Waals surface area (Å²) in [5, 5.41) is 0. The largest absolute Gasteiger partial charge is 0.274 e. The quantitative estimate of drug-likeness (QED) is 0.402. The van der Waals surface area contributed by atoms with Crippen molar-refractivity contribution in [2.24, 2.45) is 9.98 Å². The Morgan fingerprint density at radius 2 is 2.67 bits per heavy atom. The lowest BCUT2D eigenvalue weighted by atomic mass is 10.5. The standard InChI is InChI=1S/C4H5N2/c1-2-5-4-6-3-1/h2H,1,4H2. The molecule has 0 saturated carbocycles. The van der Waals surface area contributed by atoms with Gasteiger partial charge in [0.05, 0.1) is 6.21 Å². The van der Waals surface area contributed by atoms with Gasteiger partial charge in [-0.1, -0.05) is 0 Å². The van der Waals surface area contributed by atoms with E-state index in [-0.39, 0.29) is 0 Å². The third-order valence-corrected chi connectivity index (χ3v) is 0.576. The minimum atomic E-state index is 0.583. The fourth-order valence-electron chi connectivity index (χ4n) is 0.318. The Hall–Kier alpha value is -0.660. The molecule has 1 aliphatic heterocycles. The van der Waals surface area contributed by atoms with Crippen molar-refractivity contribution in [1.29, 1.82) is 0 Å². The van der Waals surface area contributed by atoms with E-state index in [0.717, 1.165) is 6.42 Å². The van der Waals surface area contributed by atoms with Crippen molar-refractivity contribution in [2.45, 2.75) is 6.42 Å². The van der Waals surface area contributed by atoms with Gasteiger partial charge in [-0.2, -0.15) is 0 Å². The minimum Gasteiger partial charge on any atom is -0.274 e. The lowest BCUT2D eigenvalue weighted by molar-refractivity contribution is 1.06.